The molecule has 0 radical (unpaired) electrons. The average molecular weight is 278 g/mol. The first kappa shape index (κ1) is 18.7. The van der Waals surface area contributed by atoms with Crippen LogP contribution in [-0.4, -0.2) is 23.9 Å². The summed E-state index contributed by atoms with van der Waals surface area (Å²) in [5.41, 5.74) is 0. The third-order valence-electron chi connectivity index (χ3n) is 1.65. The van der Waals surface area contributed by atoms with E-state index in [4.69, 9.17) is 0 Å². The molecule has 0 amide bonds. The molecular weight excluding hydrogens is 267 g/mol. The van der Waals surface area contributed by atoms with Crippen LogP contribution in [0, 0.1) is 0 Å². The first-order valence-electron chi connectivity index (χ1n) is 4.51. The summed E-state index contributed by atoms with van der Waals surface area (Å²) in [6.07, 6.45) is -8.55. The van der Waals surface area contributed by atoms with Crippen LogP contribution in [0.1, 0.15) is 27.2 Å². The molecule has 0 unspecified atom stereocenters. The molecule has 0 atom stereocenters. The first-order valence-corrected chi connectivity index (χ1v) is 4.51. The van der Waals surface area contributed by atoms with Crippen molar-refractivity contribution in [3.8, 4) is 0 Å². The molecule has 0 aromatic rings. The lowest BCUT2D eigenvalue weighted by atomic mass is 10.0. The van der Waals surface area contributed by atoms with Crippen molar-refractivity contribution in [2.24, 2.45) is 0 Å². The van der Waals surface area contributed by atoms with Crippen LogP contribution < -0.4 is 0 Å². The van der Waals surface area contributed by atoms with Gasteiger partial charge in [0.15, 0.2) is 0 Å². The Kier molecular flexibility index (Phi) is 5.89. The highest BCUT2D eigenvalue weighted by molar-refractivity contribution is 4.99. The molecule has 0 heterocycles. The molecule has 0 saturated heterocycles. The Morgan fingerprint density at radius 1 is 0.647 bits per heavy atom. The lowest BCUT2D eigenvalue weighted by molar-refractivity contribution is -0.396. The highest BCUT2D eigenvalue weighted by Crippen LogP contribution is 2.53. The summed E-state index contributed by atoms with van der Waals surface area (Å²) < 4.78 is 107. The summed E-state index contributed by atoms with van der Waals surface area (Å²) in [6.45, 7) is 4.38. The van der Waals surface area contributed by atoms with Crippen LogP contribution in [0.5, 0.6) is 0 Å². The van der Waals surface area contributed by atoms with E-state index >= 15 is 0 Å². The van der Waals surface area contributed by atoms with E-state index in [1.54, 1.807) is 0 Å². The monoisotopic (exact) mass is 278 g/mol. The molecule has 0 aromatic carbocycles. The van der Waals surface area contributed by atoms with Gasteiger partial charge in [-0.3, -0.25) is 0 Å². The van der Waals surface area contributed by atoms with Gasteiger partial charge in [-0.2, -0.15) is 39.5 Å². The van der Waals surface area contributed by atoms with Gasteiger partial charge in [0.2, 0.25) is 0 Å². The molecule has 0 aromatic heterocycles. The summed E-state index contributed by atoms with van der Waals surface area (Å²) >= 11 is 0. The minimum absolute atomic E-state index is 0.375. The molecule has 0 nitrogen and oxygen atoms in total. The fourth-order valence-corrected chi connectivity index (χ4v) is 0.630. The van der Waals surface area contributed by atoms with E-state index in [1.165, 1.54) is 0 Å². The van der Waals surface area contributed by atoms with Crippen molar-refractivity contribution in [3.05, 3.63) is 0 Å². The second-order valence-corrected chi connectivity index (χ2v) is 2.70. The molecule has 0 aliphatic carbocycles. The summed E-state index contributed by atoms with van der Waals surface area (Å²) in [5, 5.41) is 0. The number of hydrogen-bond acceptors (Lipinski definition) is 0. The molecule has 17 heavy (non-hydrogen) atoms. The number of rotatable bonds is 3. The SMILES string of the molecule is CC.CCC(F)(F)C(F)(F)C(F)(F)C(F)(F)F. The zero-order valence-corrected chi connectivity index (χ0v) is 9.11. The highest BCUT2D eigenvalue weighted by Gasteiger charge is 2.81. The van der Waals surface area contributed by atoms with Crippen LogP contribution >= 0.6 is 0 Å². The fourth-order valence-electron chi connectivity index (χ4n) is 0.630. The molecule has 0 aliphatic heterocycles. The standard InChI is InChI=1S/C6H5F9.C2H6/c1-2-3(7,8)4(9,10)5(11,12)6(13,14)15;1-2/h2H2,1H3;1-2H3. The van der Waals surface area contributed by atoms with Crippen LogP contribution in [0.4, 0.5) is 39.5 Å². The van der Waals surface area contributed by atoms with Crippen LogP contribution in [0.3, 0.4) is 0 Å². The average Bonchev–Trinajstić information content (AvgIpc) is 2.18. The molecule has 0 aliphatic rings. The van der Waals surface area contributed by atoms with Crippen molar-refractivity contribution in [3.63, 3.8) is 0 Å². The number of hydrogen-bond donors (Lipinski definition) is 0. The van der Waals surface area contributed by atoms with Gasteiger partial charge in [-0.25, -0.2) is 0 Å². The smallest absolute Gasteiger partial charge is 0.200 e. The summed E-state index contributed by atoms with van der Waals surface area (Å²) in [4.78, 5) is 0. The minimum atomic E-state index is -6.76. The third kappa shape index (κ3) is 3.19. The van der Waals surface area contributed by atoms with E-state index in [0.29, 0.717) is 6.92 Å². The minimum Gasteiger partial charge on any atom is -0.200 e. The van der Waals surface area contributed by atoms with Crippen LogP contribution in [-0.2, 0) is 0 Å². The molecular formula is C8H11F9. The van der Waals surface area contributed by atoms with Crippen molar-refractivity contribution < 1.29 is 39.5 Å². The Labute approximate surface area is 91.8 Å². The van der Waals surface area contributed by atoms with Gasteiger partial charge >= 0.3 is 23.9 Å². The van der Waals surface area contributed by atoms with Gasteiger partial charge in [0.1, 0.15) is 0 Å². The van der Waals surface area contributed by atoms with Gasteiger partial charge in [-0.05, 0) is 0 Å². The maximum atomic E-state index is 12.3. The van der Waals surface area contributed by atoms with E-state index in [0.717, 1.165) is 0 Å². The van der Waals surface area contributed by atoms with E-state index in [-0.39, 0.29) is 0 Å². The Hall–Kier alpha value is -0.630. The number of alkyl halides is 9. The molecule has 0 bridgehead atoms. The van der Waals surface area contributed by atoms with Crippen molar-refractivity contribution in [2.45, 2.75) is 51.1 Å². The zero-order valence-electron chi connectivity index (χ0n) is 9.11. The van der Waals surface area contributed by atoms with E-state index < -0.39 is 30.4 Å². The lowest BCUT2D eigenvalue weighted by Gasteiger charge is -2.33. The maximum absolute atomic E-state index is 12.3. The van der Waals surface area contributed by atoms with Gasteiger partial charge in [0.05, 0.1) is 0 Å². The normalized spacial score (nSPS) is 14.1. The molecule has 0 rings (SSSR count). The van der Waals surface area contributed by atoms with E-state index in [9.17, 15) is 39.5 Å². The highest BCUT2D eigenvalue weighted by atomic mass is 19.4. The molecule has 0 fully saturated rings. The summed E-state index contributed by atoms with van der Waals surface area (Å²) in [6, 6.07) is 0. The molecule has 0 saturated carbocycles. The van der Waals surface area contributed by atoms with E-state index in [1.807, 2.05) is 13.8 Å². The van der Waals surface area contributed by atoms with Crippen LogP contribution in [0.15, 0.2) is 0 Å². The maximum Gasteiger partial charge on any atom is 0.460 e. The predicted molar refractivity (Wildman–Crippen MR) is 42.5 cm³/mol. The van der Waals surface area contributed by atoms with Crippen LogP contribution in [0.2, 0.25) is 0 Å². The Balaban J connectivity index is 0. The second-order valence-electron chi connectivity index (χ2n) is 2.70. The lowest BCUT2D eigenvalue weighted by Crippen LogP contribution is -2.60. The van der Waals surface area contributed by atoms with Gasteiger partial charge in [0.25, 0.3) is 0 Å². The predicted octanol–water partition coefficient (Wildman–Crippen LogP) is 4.89. The molecule has 0 N–H and O–H groups in total. The van der Waals surface area contributed by atoms with Crippen molar-refractivity contribution in [1.29, 1.82) is 0 Å². The molecule has 9 heteroatoms. The first-order chi connectivity index (χ1) is 7.31. The second kappa shape index (κ2) is 5.34. The Bertz CT molecular complexity index is 228. The zero-order chi connectivity index (χ0) is 14.7. The van der Waals surface area contributed by atoms with Crippen molar-refractivity contribution >= 4 is 0 Å². The van der Waals surface area contributed by atoms with Crippen LogP contribution in [0.25, 0.3) is 0 Å². The fraction of sp³-hybridized carbons (Fsp3) is 1.00. The number of halogens is 9. The quantitative estimate of drug-likeness (QED) is 0.645. The van der Waals surface area contributed by atoms with Gasteiger partial charge < -0.3 is 0 Å². The van der Waals surface area contributed by atoms with E-state index in [2.05, 4.69) is 0 Å². The van der Waals surface area contributed by atoms with Gasteiger partial charge in [0, 0.05) is 6.42 Å². The Morgan fingerprint density at radius 3 is 1.12 bits per heavy atom. The topological polar surface area (TPSA) is 0 Å². The summed E-state index contributed by atoms with van der Waals surface area (Å²) in [5.74, 6) is -18.7. The third-order valence-corrected chi connectivity index (χ3v) is 1.65. The van der Waals surface area contributed by atoms with Crippen molar-refractivity contribution in [1.82, 2.24) is 0 Å². The van der Waals surface area contributed by atoms with Gasteiger partial charge in [-0.1, -0.05) is 20.8 Å². The Morgan fingerprint density at radius 2 is 0.941 bits per heavy atom. The van der Waals surface area contributed by atoms with Crippen molar-refractivity contribution in [2.75, 3.05) is 0 Å². The molecule has 0 spiro atoms. The largest absolute Gasteiger partial charge is 0.460 e. The van der Waals surface area contributed by atoms with Gasteiger partial charge in [-0.15, -0.1) is 0 Å². The summed E-state index contributed by atoms with van der Waals surface area (Å²) in [7, 11) is 0. The molecule has 106 valence electrons.